The maximum atomic E-state index is 12.7. The van der Waals surface area contributed by atoms with Gasteiger partial charge in [0.15, 0.2) is 0 Å². The van der Waals surface area contributed by atoms with E-state index >= 15 is 0 Å². The average molecular weight is 400 g/mol. The number of nitrogens with zero attached hydrogens (tertiary/aromatic N) is 4. The second-order valence-corrected chi connectivity index (χ2v) is 6.70. The highest BCUT2D eigenvalue weighted by molar-refractivity contribution is 5.76. The number of carbonyl (C=O) groups is 2. The summed E-state index contributed by atoms with van der Waals surface area (Å²) in [7, 11) is 0. The normalized spacial score (nSPS) is 14.0. The number of benzene rings is 1. The molecule has 1 aliphatic rings. The van der Waals surface area contributed by atoms with Gasteiger partial charge in [-0.1, -0.05) is 30.3 Å². The fourth-order valence-corrected chi connectivity index (χ4v) is 3.19. The number of amides is 2. The van der Waals surface area contributed by atoms with Gasteiger partial charge >= 0.3 is 11.8 Å². The molecule has 1 aliphatic heterocycles. The Bertz CT molecular complexity index is 974. The van der Waals surface area contributed by atoms with Crippen molar-refractivity contribution in [3.05, 3.63) is 69.0 Å². The standard InChI is InChI=1S/C20H24N4O5/c1-2-29-20(28)22-12-10-21(11-13-22)18(26)15-24-17(25)8-9-23(19(24)27)14-16-6-4-3-5-7-16/h3-9H,2,10-15H2,1H3. The van der Waals surface area contributed by atoms with E-state index in [0.717, 1.165) is 10.1 Å². The fourth-order valence-electron chi connectivity index (χ4n) is 3.19. The topological polar surface area (TPSA) is 93.8 Å². The molecule has 0 N–H and O–H groups in total. The molecular weight excluding hydrogens is 376 g/mol. The van der Waals surface area contributed by atoms with E-state index in [-0.39, 0.29) is 12.5 Å². The average Bonchev–Trinajstić information content (AvgIpc) is 2.74. The van der Waals surface area contributed by atoms with Crippen LogP contribution >= 0.6 is 0 Å². The van der Waals surface area contributed by atoms with Crippen LogP contribution in [-0.4, -0.2) is 63.7 Å². The molecule has 0 unspecified atom stereocenters. The Morgan fingerprint density at radius 1 is 0.966 bits per heavy atom. The Morgan fingerprint density at radius 2 is 1.62 bits per heavy atom. The van der Waals surface area contributed by atoms with Gasteiger partial charge in [0.1, 0.15) is 6.54 Å². The zero-order valence-electron chi connectivity index (χ0n) is 16.3. The summed E-state index contributed by atoms with van der Waals surface area (Å²) >= 11 is 0. The lowest BCUT2D eigenvalue weighted by atomic mass is 10.2. The highest BCUT2D eigenvalue weighted by Crippen LogP contribution is 2.05. The molecule has 2 aromatic rings. The minimum absolute atomic E-state index is 0.296. The van der Waals surface area contributed by atoms with Crippen LogP contribution in [-0.2, 0) is 22.6 Å². The minimum atomic E-state index is -0.528. The second kappa shape index (κ2) is 9.22. The first-order valence-electron chi connectivity index (χ1n) is 9.53. The molecule has 9 nitrogen and oxygen atoms in total. The van der Waals surface area contributed by atoms with Crippen LogP contribution in [0.3, 0.4) is 0 Å². The zero-order chi connectivity index (χ0) is 20.8. The molecule has 0 spiro atoms. The predicted molar refractivity (Wildman–Crippen MR) is 106 cm³/mol. The number of ether oxygens (including phenoxy) is 1. The maximum Gasteiger partial charge on any atom is 0.409 e. The number of hydrogen-bond acceptors (Lipinski definition) is 5. The van der Waals surface area contributed by atoms with Crippen LogP contribution in [0.1, 0.15) is 12.5 Å². The number of hydrogen-bond donors (Lipinski definition) is 0. The SMILES string of the molecule is CCOC(=O)N1CCN(C(=O)Cn2c(=O)ccn(Cc3ccccc3)c2=O)CC1. The highest BCUT2D eigenvalue weighted by Gasteiger charge is 2.25. The van der Waals surface area contributed by atoms with Crippen LogP contribution in [0, 0.1) is 0 Å². The monoisotopic (exact) mass is 400 g/mol. The zero-order valence-corrected chi connectivity index (χ0v) is 16.3. The predicted octanol–water partition coefficient (Wildman–Crippen LogP) is 0.359. The number of piperazine rings is 1. The molecule has 1 aromatic carbocycles. The third-order valence-corrected chi connectivity index (χ3v) is 4.79. The molecule has 0 atom stereocenters. The van der Waals surface area contributed by atoms with Crippen LogP contribution in [0.25, 0.3) is 0 Å². The Balaban J connectivity index is 1.68. The molecule has 2 heterocycles. The van der Waals surface area contributed by atoms with Gasteiger partial charge in [-0.25, -0.2) is 9.59 Å². The lowest BCUT2D eigenvalue weighted by Gasteiger charge is -2.34. The van der Waals surface area contributed by atoms with Gasteiger partial charge in [0, 0.05) is 38.4 Å². The maximum absolute atomic E-state index is 12.7. The molecule has 0 aliphatic carbocycles. The summed E-state index contributed by atoms with van der Waals surface area (Å²) in [6, 6.07) is 10.7. The molecule has 0 bridgehead atoms. The summed E-state index contributed by atoms with van der Waals surface area (Å²) in [5, 5.41) is 0. The molecule has 1 fully saturated rings. The summed E-state index contributed by atoms with van der Waals surface area (Å²) in [4.78, 5) is 52.4. The van der Waals surface area contributed by atoms with Crippen LogP contribution < -0.4 is 11.2 Å². The number of rotatable bonds is 5. The third-order valence-electron chi connectivity index (χ3n) is 4.79. The van der Waals surface area contributed by atoms with E-state index in [1.165, 1.54) is 21.7 Å². The van der Waals surface area contributed by atoms with E-state index < -0.39 is 17.3 Å². The lowest BCUT2D eigenvalue weighted by Crippen LogP contribution is -2.52. The van der Waals surface area contributed by atoms with Crippen molar-refractivity contribution < 1.29 is 14.3 Å². The van der Waals surface area contributed by atoms with Crippen LogP contribution in [0.2, 0.25) is 0 Å². The lowest BCUT2D eigenvalue weighted by molar-refractivity contribution is -0.133. The van der Waals surface area contributed by atoms with Gasteiger partial charge in [-0.05, 0) is 12.5 Å². The molecule has 154 valence electrons. The van der Waals surface area contributed by atoms with Crippen molar-refractivity contribution in [1.82, 2.24) is 18.9 Å². The van der Waals surface area contributed by atoms with Gasteiger partial charge < -0.3 is 14.5 Å². The van der Waals surface area contributed by atoms with Crippen molar-refractivity contribution in [1.29, 1.82) is 0 Å². The second-order valence-electron chi connectivity index (χ2n) is 6.70. The molecule has 3 rings (SSSR count). The van der Waals surface area contributed by atoms with Crippen molar-refractivity contribution in [2.75, 3.05) is 32.8 Å². The van der Waals surface area contributed by atoms with Gasteiger partial charge in [-0.3, -0.25) is 18.7 Å². The first kappa shape index (κ1) is 20.4. The summed E-state index contributed by atoms with van der Waals surface area (Å²) in [5.74, 6) is -0.329. The summed E-state index contributed by atoms with van der Waals surface area (Å²) in [6.45, 7) is 3.39. The van der Waals surface area contributed by atoms with Crippen molar-refractivity contribution in [2.24, 2.45) is 0 Å². The van der Waals surface area contributed by atoms with Crippen molar-refractivity contribution in [2.45, 2.75) is 20.0 Å². The van der Waals surface area contributed by atoms with Gasteiger partial charge in [0.2, 0.25) is 5.91 Å². The van der Waals surface area contributed by atoms with E-state index in [2.05, 4.69) is 0 Å². The Labute approximate surface area is 167 Å². The van der Waals surface area contributed by atoms with Crippen LogP contribution in [0.5, 0.6) is 0 Å². The van der Waals surface area contributed by atoms with Crippen molar-refractivity contribution in [3.63, 3.8) is 0 Å². The largest absolute Gasteiger partial charge is 0.450 e. The molecular formula is C20H24N4O5. The van der Waals surface area contributed by atoms with Crippen LogP contribution in [0.4, 0.5) is 4.79 Å². The van der Waals surface area contributed by atoms with E-state index in [9.17, 15) is 19.2 Å². The molecule has 2 amide bonds. The van der Waals surface area contributed by atoms with E-state index in [4.69, 9.17) is 4.74 Å². The smallest absolute Gasteiger partial charge is 0.409 e. The van der Waals surface area contributed by atoms with Crippen molar-refractivity contribution in [3.8, 4) is 0 Å². The summed E-state index contributed by atoms with van der Waals surface area (Å²) in [6.07, 6.45) is 1.04. The quantitative estimate of drug-likeness (QED) is 0.722. The van der Waals surface area contributed by atoms with E-state index in [1.807, 2.05) is 30.3 Å². The van der Waals surface area contributed by atoms with Crippen LogP contribution in [0.15, 0.2) is 52.2 Å². The Hall–Kier alpha value is -3.36. The Kier molecular flexibility index (Phi) is 6.48. The molecule has 1 saturated heterocycles. The van der Waals surface area contributed by atoms with E-state index in [0.29, 0.717) is 39.3 Å². The van der Waals surface area contributed by atoms with Gasteiger partial charge in [0.05, 0.1) is 13.2 Å². The first-order valence-corrected chi connectivity index (χ1v) is 9.53. The molecule has 29 heavy (non-hydrogen) atoms. The summed E-state index contributed by atoms with van der Waals surface area (Å²) < 4.78 is 7.31. The third kappa shape index (κ3) is 4.92. The Morgan fingerprint density at radius 3 is 2.28 bits per heavy atom. The highest BCUT2D eigenvalue weighted by atomic mass is 16.6. The molecule has 0 radical (unpaired) electrons. The van der Waals surface area contributed by atoms with Crippen molar-refractivity contribution >= 4 is 12.0 Å². The van der Waals surface area contributed by atoms with Gasteiger partial charge in [0.25, 0.3) is 5.56 Å². The van der Waals surface area contributed by atoms with Gasteiger partial charge in [-0.15, -0.1) is 0 Å². The molecule has 1 aromatic heterocycles. The molecule has 0 saturated carbocycles. The summed E-state index contributed by atoms with van der Waals surface area (Å²) in [5.41, 5.74) is -0.126. The minimum Gasteiger partial charge on any atom is -0.450 e. The van der Waals surface area contributed by atoms with E-state index in [1.54, 1.807) is 11.8 Å². The van der Waals surface area contributed by atoms with Gasteiger partial charge in [-0.2, -0.15) is 0 Å². The number of aromatic nitrogens is 2. The first-order chi connectivity index (χ1) is 14.0. The molecule has 9 heteroatoms. The fraction of sp³-hybridized carbons (Fsp3) is 0.400. The number of carbonyl (C=O) groups excluding carboxylic acids is 2.